The van der Waals surface area contributed by atoms with Gasteiger partial charge >= 0.3 is 5.97 Å². The molecule has 1 atom stereocenters. The summed E-state index contributed by atoms with van der Waals surface area (Å²) in [5.74, 6) is -0.254. The Balaban J connectivity index is 1.64. The van der Waals surface area contributed by atoms with Gasteiger partial charge in [0.05, 0.1) is 36.2 Å². The Hall–Kier alpha value is -2.49. The van der Waals surface area contributed by atoms with E-state index in [0.717, 1.165) is 16.3 Å². The number of carbonyl (C=O) groups excluding carboxylic acids is 2. The first-order chi connectivity index (χ1) is 14.5. The lowest BCUT2D eigenvalue weighted by Gasteiger charge is -2.32. The average Bonchev–Trinajstić information content (AvgIpc) is 3.17. The molecule has 0 spiro atoms. The van der Waals surface area contributed by atoms with E-state index in [1.807, 2.05) is 31.4 Å². The predicted molar refractivity (Wildman–Crippen MR) is 113 cm³/mol. The number of hydrogen-bond acceptors (Lipinski definition) is 8. The molecule has 1 aliphatic rings. The van der Waals surface area contributed by atoms with Crippen LogP contribution in [-0.4, -0.2) is 62.5 Å². The zero-order valence-electron chi connectivity index (χ0n) is 17.4. The summed E-state index contributed by atoms with van der Waals surface area (Å²) in [6, 6.07) is 5.51. The van der Waals surface area contributed by atoms with Crippen molar-refractivity contribution in [3.8, 4) is 17.0 Å². The van der Waals surface area contributed by atoms with Gasteiger partial charge in [-0.05, 0) is 39.0 Å². The highest BCUT2D eigenvalue weighted by molar-refractivity contribution is 7.09. The lowest BCUT2D eigenvalue weighted by atomic mass is 10.1. The van der Waals surface area contributed by atoms with Gasteiger partial charge in [0.15, 0.2) is 6.10 Å². The van der Waals surface area contributed by atoms with E-state index in [9.17, 15) is 9.59 Å². The van der Waals surface area contributed by atoms with Crippen LogP contribution in [0.25, 0.3) is 11.3 Å². The summed E-state index contributed by atoms with van der Waals surface area (Å²) in [6.07, 6.45) is -0.681. The molecule has 9 heteroatoms. The zero-order valence-corrected chi connectivity index (χ0v) is 18.2. The lowest BCUT2D eigenvalue weighted by molar-refractivity contribution is -0.145. The molecule has 3 rings (SSSR count). The SMILES string of the molecule is CCOCCOCCOC(=O)CN1C(=O)C(C)Oc2ccc(-c3csc(C)n3)cc21. The van der Waals surface area contributed by atoms with Crippen LogP contribution in [0.3, 0.4) is 0 Å². The summed E-state index contributed by atoms with van der Waals surface area (Å²) in [4.78, 5) is 30.9. The standard InChI is InChI=1S/C21H26N2O6S/c1-4-26-7-8-27-9-10-28-20(24)12-23-18-11-16(17-13-30-15(3)22-17)5-6-19(18)29-14(2)21(23)25/h5-6,11,13-14H,4,7-10,12H2,1-3H3. The molecule has 2 heterocycles. The van der Waals surface area contributed by atoms with Gasteiger partial charge in [-0.25, -0.2) is 4.98 Å². The van der Waals surface area contributed by atoms with Gasteiger partial charge in [0.2, 0.25) is 0 Å². The van der Waals surface area contributed by atoms with E-state index in [4.69, 9.17) is 18.9 Å². The highest BCUT2D eigenvalue weighted by atomic mass is 32.1. The first-order valence-corrected chi connectivity index (χ1v) is 10.7. The molecular weight excluding hydrogens is 408 g/mol. The molecule has 0 bridgehead atoms. The maximum atomic E-state index is 12.7. The number of anilines is 1. The van der Waals surface area contributed by atoms with Crippen LogP contribution < -0.4 is 9.64 Å². The van der Waals surface area contributed by atoms with Gasteiger partial charge in [0.25, 0.3) is 5.91 Å². The van der Waals surface area contributed by atoms with E-state index in [1.54, 1.807) is 24.3 Å². The highest BCUT2D eigenvalue weighted by Crippen LogP contribution is 2.37. The van der Waals surface area contributed by atoms with E-state index in [1.165, 1.54) is 4.90 Å². The number of aromatic nitrogens is 1. The maximum Gasteiger partial charge on any atom is 0.326 e. The van der Waals surface area contributed by atoms with Crippen LogP contribution in [0.1, 0.15) is 18.9 Å². The monoisotopic (exact) mass is 434 g/mol. The summed E-state index contributed by atoms with van der Waals surface area (Å²) >= 11 is 1.55. The third-order valence-electron chi connectivity index (χ3n) is 4.44. The van der Waals surface area contributed by atoms with Gasteiger partial charge in [-0.1, -0.05) is 0 Å². The quantitative estimate of drug-likeness (QED) is 0.420. The number of rotatable bonds is 10. The molecule has 162 valence electrons. The second-order valence-electron chi connectivity index (χ2n) is 6.65. The molecule has 0 radical (unpaired) electrons. The zero-order chi connectivity index (χ0) is 21.5. The Kier molecular flexibility index (Phi) is 7.78. The Morgan fingerprint density at radius 3 is 2.73 bits per heavy atom. The van der Waals surface area contributed by atoms with Gasteiger partial charge in [0.1, 0.15) is 18.9 Å². The average molecular weight is 435 g/mol. The first kappa shape index (κ1) is 22.2. The number of amides is 1. The normalized spacial score (nSPS) is 15.6. The van der Waals surface area contributed by atoms with Gasteiger partial charge in [-0.3, -0.25) is 14.5 Å². The minimum Gasteiger partial charge on any atom is -0.479 e. The van der Waals surface area contributed by atoms with Crippen LogP contribution >= 0.6 is 11.3 Å². The molecule has 0 fully saturated rings. The van der Waals surface area contributed by atoms with Crippen molar-refractivity contribution < 1.29 is 28.5 Å². The molecule has 2 aromatic rings. The Morgan fingerprint density at radius 2 is 2.00 bits per heavy atom. The molecule has 0 saturated heterocycles. The molecule has 1 aromatic carbocycles. The smallest absolute Gasteiger partial charge is 0.326 e. The van der Waals surface area contributed by atoms with Crippen molar-refractivity contribution in [1.29, 1.82) is 0 Å². The minimum atomic E-state index is -0.681. The Morgan fingerprint density at radius 1 is 1.23 bits per heavy atom. The van der Waals surface area contributed by atoms with E-state index < -0.39 is 12.1 Å². The number of thiazole rings is 1. The number of benzene rings is 1. The van der Waals surface area contributed by atoms with Crippen LogP contribution in [-0.2, 0) is 23.8 Å². The van der Waals surface area contributed by atoms with Crippen molar-refractivity contribution in [3.63, 3.8) is 0 Å². The molecule has 8 nitrogen and oxygen atoms in total. The van der Waals surface area contributed by atoms with Crippen LogP contribution in [0.15, 0.2) is 23.6 Å². The third kappa shape index (κ3) is 5.56. The third-order valence-corrected chi connectivity index (χ3v) is 5.21. The Labute approximate surface area is 179 Å². The van der Waals surface area contributed by atoms with Crippen LogP contribution in [0.5, 0.6) is 5.75 Å². The fraction of sp³-hybridized carbons (Fsp3) is 0.476. The largest absolute Gasteiger partial charge is 0.479 e. The predicted octanol–water partition coefficient (Wildman–Crippen LogP) is 2.83. The molecular formula is C21H26N2O6S. The first-order valence-electron chi connectivity index (χ1n) is 9.85. The van der Waals surface area contributed by atoms with Crippen molar-refractivity contribution in [2.75, 3.05) is 44.5 Å². The van der Waals surface area contributed by atoms with Crippen LogP contribution in [0.2, 0.25) is 0 Å². The van der Waals surface area contributed by atoms with E-state index in [0.29, 0.717) is 31.3 Å². The van der Waals surface area contributed by atoms with Gasteiger partial charge in [-0.15, -0.1) is 11.3 Å². The molecule has 0 saturated carbocycles. The number of aryl methyl sites for hydroxylation is 1. The summed E-state index contributed by atoms with van der Waals surface area (Å²) in [6.45, 7) is 7.28. The van der Waals surface area contributed by atoms with Gasteiger partial charge < -0.3 is 18.9 Å². The number of hydrogen-bond donors (Lipinski definition) is 0. The molecule has 1 aliphatic heterocycles. The molecule has 0 N–H and O–H groups in total. The topological polar surface area (TPSA) is 87.2 Å². The summed E-state index contributed by atoms with van der Waals surface area (Å²) in [7, 11) is 0. The second kappa shape index (κ2) is 10.5. The number of esters is 1. The van der Waals surface area contributed by atoms with Crippen LogP contribution in [0, 0.1) is 6.92 Å². The van der Waals surface area contributed by atoms with Crippen molar-refractivity contribution in [3.05, 3.63) is 28.6 Å². The Bertz CT molecular complexity index is 884. The molecule has 0 aliphatic carbocycles. The van der Waals surface area contributed by atoms with E-state index in [-0.39, 0.29) is 25.7 Å². The number of nitrogens with zero attached hydrogens (tertiary/aromatic N) is 2. The van der Waals surface area contributed by atoms with Crippen molar-refractivity contribution in [2.45, 2.75) is 26.9 Å². The number of ether oxygens (including phenoxy) is 4. The number of fused-ring (bicyclic) bond motifs is 1. The van der Waals surface area contributed by atoms with E-state index >= 15 is 0 Å². The lowest BCUT2D eigenvalue weighted by Crippen LogP contribution is -2.47. The minimum absolute atomic E-state index is 0.115. The molecule has 1 unspecified atom stereocenters. The molecule has 30 heavy (non-hydrogen) atoms. The maximum absolute atomic E-state index is 12.7. The fourth-order valence-corrected chi connectivity index (χ4v) is 3.60. The van der Waals surface area contributed by atoms with Gasteiger partial charge in [0, 0.05) is 17.6 Å². The van der Waals surface area contributed by atoms with Crippen LogP contribution in [0.4, 0.5) is 5.69 Å². The summed E-state index contributed by atoms with van der Waals surface area (Å²) in [5.41, 5.74) is 2.20. The number of carbonyl (C=O) groups is 2. The van der Waals surface area contributed by atoms with Crippen molar-refractivity contribution in [1.82, 2.24) is 4.98 Å². The van der Waals surface area contributed by atoms with Gasteiger partial charge in [-0.2, -0.15) is 0 Å². The second-order valence-corrected chi connectivity index (χ2v) is 7.71. The van der Waals surface area contributed by atoms with E-state index in [2.05, 4.69) is 4.98 Å². The fourth-order valence-electron chi connectivity index (χ4n) is 2.98. The molecule has 1 aromatic heterocycles. The molecule has 1 amide bonds. The van der Waals surface area contributed by atoms with Crippen molar-refractivity contribution >= 4 is 28.9 Å². The summed E-state index contributed by atoms with van der Waals surface area (Å²) in [5, 5.41) is 2.91. The highest BCUT2D eigenvalue weighted by Gasteiger charge is 2.33. The summed E-state index contributed by atoms with van der Waals surface area (Å²) < 4.78 is 21.4. The van der Waals surface area contributed by atoms with Crippen molar-refractivity contribution in [2.24, 2.45) is 0 Å².